The maximum Gasteiger partial charge on any atom is 0.312 e. The van der Waals surface area contributed by atoms with Crippen molar-refractivity contribution in [3.8, 4) is 0 Å². The van der Waals surface area contributed by atoms with Gasteiger partial charge in [0.2, 0.25) is 0 Å². The van der Waals surface area contributed by atoms with Crippen LogP contribution in [0.15, 0.2) is 47.1 Å². The minimum absolute atomic E-state index is 0.0591. The normalized spacial score (nSPS) is 39.1. The highest BCUT2D eigenvalue weighted by Gasteiger charge is 2.67. The van der Waals surface area contributed by atoms with Gasteiger partial charge in [-0.05, 0) is 83.1 Å². The molecule has 3 aliphatic carbocycles. The SMILES string of the molecule is CO[C@@H](/C=C/C(C)=C/C=C/C(C)=C1\C(=O)C[C@H]2[C@@]3(C)CC[C@@H](O)[C@](C)(C(=O)O)[C@@H]3CC[C@]12C)C(C)(C)O. The monoisotopic (exact) mass is 514 g/mol. The molecule has 0 aromatic carbocycles. The summed E-state index contributed by atoms with van der Waals surface area (Å²) >= 11 is 0. The van der Waals surface area contributed by atoms with Gasteiger partial charge in [0.1, 0.15) is 6.10 Å². The van der Waals surface area contributed by atoms with Crippen molar-refractivity contribution in [2.24, 2.45) is 28.1 Å². The summed E-state index contributed by atoms with van der Waals surface area (Å²) in [6.45, 7) is 13.4. The Hall–Kier alpha value is -2.02. The fraction of sp³-hybridized carbons (Fsp3) is 0.677. The molecule has 7 atom stereocenters. The van der Waals surface area contributed by atoms with E-state index in [0.717, 1.165) is 29.6 Å². The molecule has 3 aliphatic rings. The number of aliphatic carboxylic acids is 1. The molecule has 0 spiro atoms. The molecule has 37 heavy (non-hydrogen) atoms. The van der Waals surface area contributed by atoms with Gasteiger partial charge in [0.15, 0.2) is 5.78 Å². The largest absolute Gasteiger partial charge is 0.481 e. The van der Waals surface area contributed by atoms with E-state index in [1.165, 1.54) is 0 Å². The molecule has 3 rings (SSSR count). The summed E-state index contributed by atoms with van der Waals surface area (Å²) < 4.78 is 5.35. The zero-order valence-corrected chi connectivity index (χ0v) is 23.8. The number of carboxylic acid groups (broad SMARTS) is 1. The number of aliphatic hydroxyl groups excluding tert-OH is 1. The number of Topliss-reactive ketones (excluding diaryl/α,β-unsaturated/α-hetero) is 1. The van der Waals surface area contributed by atoms with E-state index in [9.17, 15) is 24.9 Å². The summed E-state index contributed by atoms with van der Waals surface area (Å²) in [5.41, 5.74) is 0.0137. The van der Waals surface area contributed by atoms with Gasteiger partial charge < -0.3 is 20.1 Å². The third kappa shape index (κ3) is 5.05. The maximum atomic E-state index is 13.4. The standard InChI is InChI=1S/C31H46O6/c1-19(12-13-25(37-8)28(3,4)36)10-9-11-20(2)26-21(32)18-23-29(5)17-15-24(33)31(7,27(34)35)22(29)14-16-30(23,26)6/h9-13,22-25,33,36H,14-18H2,1-8H3,(H,34,35)/b11-9+,13-12+,19-10+,26-20+/t22-,23+,24-,25+,29+,30+,31-/m1/s1. The molecule has 3 N–H and O–H groups in total. The van der Waals surface area contributed by atoms with Crippen LogP contribution in [-0.2, 0) is 14.3 Å². The summed E-state index contributed by atoms with van der Waals surface area (Å²) in [4.78, 5) is 25.8. The minimum atomic E-state index is -1.19. The fourth-order valence-electron chi connectivity index (χ4n) is 7.88. The average molecular weight is 515 g/mol. The lowest BCUT2D eigenvalue weighted by molar-refractivity contribution is -0.194. The Kier molecular flexibility index (Phi) is 8.20. The highest BCUT2D eigenvalue weighted by Crippen LogP contribution is 2.69. The maximum absolute atomic E-state index is 13.4. The van der Waals surface area contributed by atoms with E-state index in [1.807, 2.05) is 44.2 Å². The molecule has 206 valence electrons. The predicted molar refractivity (Wildman–Crippen MR) is 145 cm³/mol. The fourth-order valence-corrected chi connectivity index (χ4v) is 7.88. The Bertz CT molecular complexity index is 1040. The number of ether oxygens (including phenoxy) is 1. The molecule has 6 nitrogen and oxygen atoms in total. The number of hydrogen-bond acceptors (Lipinski definition) is 5. The number of carboxylic acids is 1. The lowest BCUT2D eigenvalue weighted by atomic mass is 9.43. The number of hydrogen-bond donors (Lipinski definition) is 3. The van der Waals surface area contributed by atoms with Crippen LogP contribution in [0.1, 0.15) is 80.6 Å². The van der Waals surface area contributed by atoms with Gasteiger partial charge in [-0.2, -0.15) is 0 Å². The molecule has 3 fully saturated rings. The van der Waals surface area contributed by atoms with Crippen LogP contribution in [0.3, 0.4) is 0 Å². The summed E-state index contributed by atoms with van der Waals surface area (Å²) in [6, 6.07) is 0. The van der Waals surface area contributed by atoms with Crippen LogP contribution in [0, 0.1) is 28.1 Å². The van der Waals surface area contributed by atoms with Crippen molar-refractivity contribution in [1.82, 2.24) is 0 Å². The van der Waals surface area contributed by atoms with E-state index in [0.29, 0.717) is 19.3 Å². The summed E-state index contributed by atoms with van der Waals surface area (Å²) in [6.07, 6.45) is 11.4. The molecule has 6 heteroatoms. The van der Waals surface area contributed by atoms with Crippen LogP contribution in [-0.4, -0.2) is 52.0 Å². The van der Waals surface area contributed by atoms with Crippen LogP contribution in [0.25, 0.3) is 0 Å². The van der Waals surface area contributed by atoms with Gasteiger partial charge in [0.05, 0.1) is 17.1 Å². The topological polar surface area (TPSA) is 104 Å². The summed E-state index contributed by atoms with van der Waals surface area (Å²) in [5, 5.41) is 31.0. The molecular weight excluding hydrogens is 468 g/mol. The van der Waals surface area contributed by atoms with Gasteiger partial charge in [-0.3, -0.25) is 9.59 Å². The zero-order valence-electron chi connectivity index (χ0n) is 23.8. The van der Waals surface area contributed by atoms with E-state index in [-0.39, 0.29) is 28.4 Å². The molecule has 0 aromatic rings. The second-order valence-corrected chi connectivity index (χ2v) is 12.8. The predicted octanol–water partition coefficient (Wildman–Crippen LogP) is 5.40. The number of methoxy groups -OCH3 is 1. The van der Waals surface area contributed by atoms with E-state index in [2.05, 4.69) is 13.8 Å². The second-order valence-electron chi connectivity index (χ2n) is 12.8. The summed E-state index contributed by atoms with van der Waals surface area (Å²) in [5.74, 6) is -0.883. The first-order chi connectivity index (χ1) is 17.0. The molecular formula is C31H46O6. The Labute approximate surface area is 222 Å². The van der Waals surface area contributed by atoms with E-state index in [4.69, 9.17) is 4.74 Å². The third-order valence-electron chi connectivity index (χ3n) is 9.97. The quantitative estimate of drug-likeness (QED) is 0.310. The molecule has 0 saturated heterocycles. The Morgan fingerprint density at radius 2 is 1.76 bits per heavy atom. The van der Waals surface area contributed by atoms with Crippen LogP contribution < -0.4 is 0 Å². The first-order valence-electron chi connectivity index (χ1n) is 13.5. The van der Waals surface area contributed by atoms with E-state index < -0.39 is 29.2 Å². The van der Waals surface area contributed by atoms with Gasteiger partial charge in [0, 0.05) is 24.5 Å². The second kappa shape index (κ2) is 10.3. The van der Waals surface area contributed by atoms with Crippen molar-refractivity contribution >= 4 is 11.8 Å². The minimum Gasteiger partial charge on any atom is -0.481 e. The van der Waals surface area contributed by atoms with Gasteiger partial charge in [0.25, 0.3) is 0 Å². The van der Waals surface area contributed by atoms with Crippen LogP contribution >= 0.6 is 0 Å². The van der Waals surface area contributed by atoms with Gasteiger partial charge >= 0.3 is 5.97 Å². The molecule has 0 unspecified atom stereocenters. The van der Waals surface area contributed by atoms with Crippen molar-refractivity contribution in [1.29, 1.82) is 0 Å². The Balaban J connectivity index is 1.88. The third-order valence-corrected chi connectivity index (χ3v) is 9.97. The van der Waals surface area contributed by atoms with Crippen molar-refractivity contribution < 1.29 is 29.6 Å². The Morgan fingerprint density at radius 1 is 1.11 bits per heavy atom. The molecule has 0 amide bonds. The van der Waals surface area contributed by atoms with Gasteiger partial charge in [-0.15, -0.1) is 0 Å². The first kappa shape index (κ1) is 29.5. The van der Waals surface area contributed by atoms with Gasteiger partial charge in [-0.25, -0.2) is 0 Å². The van der Waals surface area contributed by atoms with Crippen molar-refractivity contribution in [3.63, 3.8) is 0 Å². The molecule has 0 aliphatic heterocycles. The number of allylic oxidation sites excluding steroid dienone is 7. The molecule has 0 aromatic heterocycles. The summed E-state index contributed by atoms with van der Waals surface area (Å²) in [7, 11) is 1.57. The average Bonchev–Trinajstić information content (AvgIpc) is 3.07. The molecule has 3 saturated carbocycles. The van der Waals surface area contributed by atoms with Crippen LogP contribution in [0.4, 0.5) is 0 Å². The van der Waals surface area contributed by atoms with E-state index in [1.54, 1.807) is 27.9 Å². The highest BCUT2D eigenvalue weighted by atomic mass is 16.5. The molecule has 0 heterocycles. The lowest BCUT2D eigenvalue weighted by Gasteiger charge is -2.61. The molecule has 0 bridgehead atoms. The van der Waals surface area contributed by atoms with E-state index >= 15 is 0 Å². The smallest absolute Gasteiger partial charge is 0.312 e. The lowest BCUT2D eigenvalue weighted by Crippen LogP contribution is -2.61. The van der Waals surface area contributed by atoms with Crippen molar-refractivity contribution in [2.45, 2.75) is 98.4 Å². The zero-order chi connectivity index (χ0) is 28.0. The highest BCUT2D eigenvalue weighted by molar-refractivity contribution is 6.01. The van der Waals surface area contributed by atoms with Crippen molar-refractivity contribution in [3.05, 3.63) is 47.1 Å². The van der Waals surface area contributed by atoms with Crippen molar-refractivity contribution in [2.75, 3.05) is 7.11 Å². The van der Waals surface area contributed by atoms with Gasteiger partial charge in [-0.1, -0.05) is 49.8 Å². The van der Waals surface area contributed by atoms with Crippen LogP contribution in [0.2, 0.25) is 0 Å². The number of rotatable bonds is 7. The Morgan fingerprint density at radius 3 is 2.32 bits per heavy atom. The number of carbonyl (C=O) groups is 2. The number of fused-ring (bicyclic) bond motifs is 3. The van der Waals surface area contributed by atoms with Crippen LogP contribution in [0.5, 0.6) is 0 Å². The molecule has 0 radical (unpaired) electrons. The number of aliphatic hydroxyl groups is 2. The number of ketones is 1. The first-order valence-corrected chi connectivity index (χ1v) is 13.5. The number of carbonyl (C=O) groups excluding carboxylic acids is 1.